The van der Waals surface area contributed by atoms with Gasteiger partial charge in [-0.15, -0.1) is 0 Å². The predicted molar refractivity (Wildman–Crippen MR) is 124 cm³/mol. The fraction of sp³-hybridized carbons (Fsp3) is 0.720. The minimum atomic E-state index is -0.618. The van der Waals surface area contributed by atoms with E-state index in [9.17, 15) is 19.6 Å². The Hall–Kier alpha value is -2.27. The Morgan fingerprint density at radius 3 is 1.97 bits per heavy atom. The van der Waals surface area contributed by atoms with Gasteiger partial charge in [0.05, 0.1) is 12.0 Å². The molecule has 2 aliphatic rings. The lowest BCUT2D eigenvalue weighted by atomic mass is 9.83. The largest absolute Gasteiger partial charge is 0.462 e. The summed E-state index contributed by atoms with van der Waals surface area (Å²) in [5, 5.41) is 9.22. The van der Waals surface area contributed by atoms with Gasteiger partial charge in [-0.25, -0.2) is 14.5 Å². The van der Waals surface area contributed by atoms with Crippen molar-refractivity contribution in [3.8, 4) is 0 Å². The molecule has 1 atom stereocenters. The average Bonchev–Trinajstić information content (AvgIpc) is 2.85. The quantitative estimate of drug-likeness (QED) is 0.0764. The third kappa shape index (κ3) is 10.1. The highest BCUT2D eigenvalue weighted by Gasteiger charge is 2.33. The minimum absolute atomic E-state index is 0.00648. The van der Waals surface area contributed by atoms with E-state index in [2.05, 4.69) is 18.0 Å². The number of carbonyl (C=O) groups excluding carboxylic acids is 3. The topological polar surface area (TPSA) is 127 Å². The smallest absolute Gasteiger partial charge is 0.335 e. The summed E-state index contributed by atoms with van der Waals surface area (Å²) >= 11 is 0. The highest BCUT2D eigenvalue weighted by atomic mass is 17.1. The van der Waals surface area contributed by atoms with E-state index < -0.39 is 18.0 Å². The molecule has 10 nitrogen and oxygen atoms in total. The van der Waals surface area contributed by atoms with Gasteiger partial charge in [0.2, 0.25) is 0 Å². The standard InChI is InChI=1S/C25H38O10/c1-16(2)23(26)31-13-22(35-29)18-5-11-21(12-6-18)34-25(28)19-7-9-20(10-8-19)32-14-30-15-33-24(27)17(3)4/h18-22,29H,1,3,5-15H2,2,4H3. The van der Waals surface area contributed by atoms with E-state index in [1.54, 1.807) is 13.8 Å². The van der Waals surface area contributed by atoms with Gasteiger partial charge in [-0.2, -0.15) is 0 Å². The molecule has 0 aromatic heterocycles. The van der Waals surface area contributed by atoms with Crippen LogP contribution < -0.4 is 0 Å². The summed E-state index contributed by atoms with van der Waals surface area (Å²) in [6.07, 6.45) is 4.71. The van der Waals surface area contributed by atoms with Gasteiger partial charge in [-0.05, 0) is 71.1 Å². The SMILES string of the molecule is C=C(C)C(=O)OCOCOC1CCC(C(=O)OC2CCC(C(COC(=O)C(=C)C)OO)CC2)CC1. The zero-order valence-electron chi connectivity index (χ0n) is 20.7. The molecule has 0 amide bonds. The van der Waals surface area contributed by atoms with Gasteiger partial charge in [0.25, 0.3) is 0 Å². The fourth-order valence-corrected chi connectivity index (χ4v) is 4.23. The highest BCUT2D eigenvalue weighted by molar-refractivity contribution is 5.87. The van der Waals surface area contributed by atoms with Crippen LogP contribution in [-0.2, 0) is 43.0 Å². The fourth-order valence-electron chi connectivity index (χ4n) is 4.23. The van der Waals surface area contributed by atoms with E-state index in [4.69, 9.17) is 23.7 Å². The molecule has 0 heterocycles. The van der Waals surface area contributed by atoms with E-state index in [0.29, 0.717) is 44.1 Å². The number of rotatable bonds is 13. The van der Waals surface area contributed by atoms with Crippen LogP contribution in [0.4, 0.5) is 0 Å². The summed E-state index contributed by atoms with van der Waals surface area (Å²) < 4.78 is 26.5. The van der Waals surface area contributed by atoms with Crippen LogP contribution >= 0.6 is 0 Å². The molecule has 0 saturated heterocycles. The summed E-state index contributed by atoms with van der Waals surface area (Å²) in [6.45, 7) is 9.89. The Bertz CT molecular complexity index is 733. The van der Waals surface area contributed by atoms with E-state index in [1.807, 2.05) is 0 Å². The van der Waals surface area contributed by atoms with Crippen molar-refractivity contribution in [2.45, 2.75) is 83.5 Å². The molecule has 0 aliphatic heterocycles. The van der Waals surface area contributed by atoms with E-state index in [-0.39, 0.29) is 55.8 Å². The Balaban J connectivity index is 1.61. The van der Waals surface area contributed by atoms with Gasteiger partial charge in [0.15, 0.2) is 13.6 Å². The van der Waals surface area contributed by atoms with Crippen LogP contribution in [0.15, 0.2) is 24.3 Å². The highest BCUT2D eigenvalue weighted by Crippen LogP contribution is 2.32. The molecule has 2 saturated carbocycles. The van der Waals surface area contributed by atoms with Crippen molar-refractivity contribution in [3.05, 3.63) is 24.3 Å². The van der Waals surface area contributed by atoms with Gasteiger partial charge in [-0.1, -0.05) is 13.2 Å². The maximum absolute atomic E-state index is 12.6. The molecule has 35 heavy (non-hydrogen) atoms. The summed E-state index contributed by atoms with van der Waals surface area (Å²) in [6, 6.07) is 0. The van der Waals surface area contributed by atoms with Crippen molar-refractivity contribution in [2.24, 2.45) is 11.8 Å². The molecule has 0 bridgehead atoms. The molecule has 2 rings (SSSR count). The zero-order valence-corrected chi connectivity index (χ0v) is 20.7. The van der Waals surface area contributed by atoms with Crippen LogP contribution in [0, 0.1) is 11.8 Å². The zero-order chi connectivity index (χ0) is 25.8. The van der Waals surface area contributed by atoms with Crippen molar-refractivity contribution < 1.29 is 48.2 Å². The van der Waals surface area contributed by atoms with Crippen molar-refractivity contribution >= 4 is 17.9 Å². The van der Waals surface area contributed by atoms with E-state index >= 15 is 0 Å². The first kappa shape index (κ1) is 29.0. The number of hydrogen-bond donors (Lipinski definition) is 1. The Kier molecular flexibility index (Phi) is 12.4. The first-order valence-corrected chi connectivity index (χ1v) is 12.1. The summed E-state index contributed by atoms with van der Waals surface area (Å²) in [4.78, 5) is 40.0. The molecule has 2 fully saturated rings. The summed E-state index contributed by atoms with van der Waals surface area (Å²) in [7, 11) is 0. The average molecular weight is 499 g/mol. The van der Waals surface area contributed by atoms with Gasteiger partial charge in [0, 0.05) is 11.1 Å². The van der Waals surface area contributed by atoms with Crippen LogP contribution in [-0.4, -0.2) is 61.7 Å². The second-order valence-corrected chi connectivity index (χ2v) is 9.29. The Morgan fingerprint density at radius 1 is 0.829 bits per heavy atom. The Labute approximate surface area is 206 Å². The molecule has 0 aromatic rings. The van der Waals surface area contributed by atoms with Crippen molar-refractivity contribution in [3.63, 3.8) is 0 Å². The van der Waals surface area contributed by atoms with Crippen LogP contribution in [0.3, 0.4) is 0 Å². The molecule has 0 spiro atoms. The minimum Gasteiger partial charge on any atom is -0.462 e. The van der Waals surface area contributed by atoms with Crippen molar-refractivity contribution in [1.29, 1.82) is 0 Å². The molecule has 0 aromatic carbocycles. The normalized spacial score (nSPS) is 25.2. The summed E-state index contributed by atoms with van der Waals surface area (Å²) in [5.41, 5.74) is 0.589. The number of hydrogen-bond acceptors (Lipinski definition) is 10. The van der Waals surface area contributed by atoms with Crippen LogP contribution in [0.25, 0.3) is 0 Å². The lowest BCUT2D eigenvalue weighted by Gasteiger charge is -2.33. The third-order valence-electron chi connectivity index (χ3n) is 6.41. The first-order chi connectivity index (χ1) is 16.7. The van der Waals surface area contributed by atoms with E-state index in [1.165, 1.54) is 0 Å². The maximum Gasteiger partial charge on any atom is 0.335 e. The van der Waals surface area contributed by atoms with Crippen LogP contribution in [0.2, 0.25) is 0 Å². The monoisotopic (exact) mass is 498 g/mol. The van der Waals surface area contributed by atoms with E-state index in [0.717, 1.165) is 12.8 Å². The van der Waals surface area contributed by atoms with Gasteiger partial charge in [-0.3, -0.25) is 10.1 Å². The van der Waals surface area contributed by atoms with Gasteiger partial charge >= 0.3 is 17.9 Å². The molecule has 1 N–H and O–H groups in total. The van der Waals surface area contributed by atoms with Crippen molar-refractivity contribution in [2.75, 3.05) is 20.2 Å². The molecular formula is C25H38O10. The molecule has 198 valence electrons. The summed E-state index contributed by atoms with van der Waals surface area (Å²) in [5.74, 6) is -1.36. The predicted octanol–water partition coefficient (Wildman–Crippen LogP) is 3.69. The lowest BCUT2D eigenvalue weighted by molar-refractivity contribution is -0.299. The Morgan fingerprint density at radius 2 is 1.40 bits per heavy atom. The van der Waals surface area contributed by atoms with Gasteiger partial charge < -0.3 is 23.7 Å². The molecule has 10 heteroatoms. The number of esters is 3. The third-order valence-corrected chi connectivity index (χ3v) is 6.41. The molecule has 2 aliphatic carbocycles. The molecule has 0 radical (unpaired) electrons. The maximum atomic E-state index is 12.6. The van der Waals surface area contributed by atoms with Crippen molar-refractivity contribution in [1.82, 2.24) is 0 Å². The second kappa shape index (κ2) is 15.0. The second-order valence-electron chi connectivity index (χ2n) is 9.29. The number of carbonyl (C=O) groups is 3. The van der Waals surface area contributed by atoms with Crippen LogP contribution in [0.1, 0.15) is 65.2 Å². The molecule has 1 unspecified atom stereocenters. The number of ether oxygens (including phenoxy) is 5. The van der Waals surface area contributed by atoms with Crippen LogP contribution in [0.5, 0.6) is 0 Å². The van der Waals surface area contributed by atoms with Gasteiger partial charge in [0.1, 0.15) is 18.8 Å². The first-order valence-electron chi connectivity index (χ1n) is 12.1. The lowest BCUT2D eigenvalue weighted by Crippen LogP contribution is -2.36. The molecular weight excluding hydrogens is 460 g/mol.